The molecule has 9 heterocycles. The number of amidine groups is 1. The van der Waals surface area contributed by atoms with Crippen LogP contribution in [0, 0.1) is 40.9 Å². The van der Waals surface area contributed by atoms with Crippen LogP contribution in [0.4, 0.5) is 5.82 Å². The van der Waals surface area contributed by atoms with Crippen molar-refractivity contribution in [2.45, 2.75) is 308 Å². The zero-order chi connectivity index (χ0) is 109. The molecule has 3 aliphatic carbocycles. The first-order chi connectivity index (χ1) is 69.1. The van der Waals surface area contributed by atoms with E-state index in [4.69, 9.17) is 113 Å². The molecule has 13 rings (SSSR count). The van der Waals surface area contributed by atoms with Crippen molar-refractivity contribution < 1.29 is 176 Å². The Kier molecular flexibility index (Phi) is 43.4. The van der Waals surface area contributed by atoms with Gasteiger partial charge in [-0.3, -0.25) is 53.8 Å². The molecule has 3 amide bonds. The van der Waals surface area contributed by atoms with Crippen molar-refractivity contribution in [3.63, 3.8) is 0 Å². The molecule has 2 bridgehead atoms. The normalized spacial score (nSPS) is 36.7. The summed E-state index contributed by atoms with van der Waals surface area (Å²) in [5, 5.41) is 154. The molecule has 816 valence electrons. The summed E-state index contributed by atoms with van der Waals surface area (Å²) >= 11 is 6.33. The third kappa shape index (κ3) is 31.6. The number of allylic oxidation sites excluding steroid dienone is 7. The summed E-state index contributed by atoms with van der Waals surface area (Å²) in [7, 11) is 5.94. The largest absolute Gasteiger partial charge is 0.496 e. The van der Waals surface area contributed by atoms with Gasteiger partial charge in [0.1, 0.15) is 94.5 Å². The molecular formula is C96H138ClN13O37. The number of aliphatic imine (C=N–C) groups is 1. The number of epoxide rings is 1. The number of fused-ring (bicyclic) bond motifs is 4. The number of nitrogens with one attached hydrogen (secondary N) is 3. The molecule has 7 fully saturated rings. The number of aliphatic hydroxyl groups is 11. The number of guanidine groups is 1. The second-order valence-corrected chi connectivity index (χ2v) is 38.7. The van der Waals surface area contributed by atoms with Crippen molar-refractivity contribution in [2.24, 2.45) is 69.2 Å². The van der Waals surface area contributed by atoms with Crippen molar-refractivity contribution in [3.05, 3.63) is 124 Å². The predicted molar refractivity (Wildman–Crippen MR) is 516 cm³/mol. The molecule has 51 heteroatoms. The van der Waals surface area contributed by atoms with Crippen LogP contribution in [-0.4, -0.2) is 362 Å². The molecule has 34 atom stereocenters. The molecule has 2 saturated carbocycles. The number of aromatic nitrogens is 2. The molecule has 0 radical (unpaired) electrons. The molecule has 11 aliphatic rings. The molecule has 2 aromatic rings. The number of imide groups is 1. The number of hydrogen-bond donors (Lipinski definition) is 23. The number of cyclic esters (lactones) is 1. The maximum Gasteiger partial charge on any atom is 0.370 e. The number of piperidine rings is 1. The van der Waals surface area contributed by atoms with Crippen LogP contribution in [0.1, 0.15) is 148 Å². The highest BCUT2D eigenvalue weighted by atomic mass is 35.5. The highest BCUT2D eigenvalue weighted by Gasteiger charge is 2.61. The number of carboxylic acids is 3. The topological polar surface area (TPSA) is 823 Å². The number of benzene rings is 1. The summed E-state index contributed by atoms with van der Waals surface area (Å²) in [5.74, 6) is -9.64. The molecule has 1 spiro atoms. The number of ketones is 3. The predicted octanol–water partition coefficient (Wildman–Crippen LogP) is -2.78. The zero-order valence-electron chi connectivity index (χ0n) is 82.7. The van der Waals surface area contributed by atoms with E-state index >= 15 is 0 Å². The summed E-state index contributed by atoms with van der Waals surface area (Å²) in [6.07, 6.45) is -1.05. The first kappa shape index (κ1) is 120. The van der Waals surface area contributed by atoms with E-state index in [-0.39, 0.29) is 138 Å². The number of nitrogens with zero attached hydrogens (tertiary/aromatic N) is 4. The van der Waals surface area contributed by atoms with E-state index in [1.165, 1.54) is 74.9 Å². The molecule has 1 aromatic carbocycles. The van der Waals surface area contributed by atoms with Crippen LogP contribution in [0.5, 0.6) is 17.2 Å². The number of carbonyl (C=O) groups is 10. The molecule has 3 unspecified atom stereocenters. The monoisotopic (exact) mass is 2100 g/mol. The highest BCUT2D eigenvalue weighted by Crippen LogP contribution is 2.55. The van der Waals surface area contributed by atoms with Gasteiger partial charge in [-0.1, -0.05) is 87.1 Å². The van der Waals surface area contributed by atoms with Crippen molar-refractivity contribution in [1.29, 1.82) is 5.41 Å². The quantitative estimate of drug-likeness (QED) is 0.0159. The molecule has 5 saturated heterocycles. The second-order valence-electron chi connectivity index (χ2n) is 38.3. The lowest BCUT2D eigenvalue weighted by molar-refractivity contribution is -0.308. The fourth-order valence-electron chi connectivity index (χ4n) is 18.7. The number of halogens is 1. The van der Waals surface area contributed by atoms with Gasteiger partial charge in [-0.25, -0.2) is 19.2 Å². The molecule has 1 aromatic heterocycles. The minimum Gasteiger partial charge on any atom is -0.496 e. The van der Waals surface area contributed by atoms with Crippen molar-refractivity contribution >= 4 is 88.2 Å². The van der Waals surface area contributed by atoms with Gasteiger partial charge < -0.3 is 173 Å². The smallest absolute Gasteiger partial charge is 0.370 e. The van der Waals surface area contributed by atoms with Crippen molar-refractivity contribution in [1.82, 2.24) is 25.1 Å². The van der Waals surface area contributed by atoms with Crippen LogP contribution in [0.3, 0.4) is 0 Å². The first-order valence-corrected chi connectivity index (χ1v) is 48.2. The number of carbonyl (C=O) groups excluding carboxylic acids is 7. The Bertz CT molecular complexity index is 5250. The van der Waals surface area contributed by atoms with Gasteiger partial charge in [0.2, 0.25) is 34.9 Å². The Morgan fingerprint density at radius 3 is 1.99 bits per heavy atom. The van der Waals surface area contributed by atoms with E-state index in [0.717, 1.165) is 11.0 Å². The van der Waals surface area contributed by atoms with Crippen LogP contribution in [0.15, 0.2) is 113 Å². The summed E-state index contributed by atoms with van der Waals surface area (Å²) < 4.78 is 68.0. The average molecular weight is 2100 g/mol. The summed E-state index contributed by atoms with van der Waals surface area (Å²) in [6, 6.07) is -1.07. The first-order valence-electron chi connectivity index (χ1n) is 47.8. The Labute approximate surface area is 850 Å². The average Bonchev–Trinajstić information content (AvgIpc) is 1.55. The van der Waals surface area contributed by atoms with E-state index in [9.17, 15) is 119 Å². The van der Waals surface area contributed by atoms with Gasteiger partial charge in [0.15, 0.2) is 54.0 Å². The van der Waals surface area contributed by atoms with Gasteiger partial charge in [0.25, 0.3) is 0 Å². The summed E-state index contributed by atoms with van der Waals surface area (Å²) in [5.41, 5.74) is 32.0. The van der Waals surface area contributed by atoms with E-state index in [2.05, 4.69) is 27.5 Å². The Hall–Kier alpha value is -11.0. The summed E-state index contributed by atoms with van der Waals surface area (Å²) in [4.78, 5) is 140. The number of aliphatic hydroxyl groups excluding tert-OH is 10. The number of nitrogen functional groups attached to an aromatic ring is 1. The lowest BCUT2D eigenvalue weighted by atomic mass is 9.71. The molecule has 147 heavy (non-hydrogen) atoms. The number of Topliss-reactive ketones (excluding diaryl/α,β-unsaturated/α-hetero) is 2. The van der Waals surface area contributed by atoms with Crippen LogP contribution in [0.2, 0.25) is 5.02 Å². The second kappa shape index (κ2) is 53.4. The van der Waals surface area contributed by atoms with E-state index in [0.29, 0.717) is 49.6 Å². The van der Waals surface area contributed by atoms with Gasteiger partial charge >= 0.3 is 29.6 Å². The number of rotatable bonds is 20. The van der Waals surface area contributed by atoms with Crippen molar-refractivity contribution in [3.8, 4) is 17.2 Å². The Morgan fingerprint density at radius 1 is 0.735 bits per heavy atom. The zero-order valence-corrected chi connectivity index (χ0v) is 83.4. The lowest BCUT2D eigenvalue weighted by Crippen LogP contribution is -2.66. The van der Waals surface area contributed by atoms with Gasteiger partial charge in [0.05, 0.1) is 100 Å². The van der Waals surface area contributed by atoms with Crippen LogP contribution < -0.4 is 64.9 Å². The van der Waals surface area contributed by atoms with E-state index < -0.39 is 230 Å². The molecular weight excluding hydrogens is 1960 g/mol. The van der Waals surface area contributed by atoms with Gasteiger partial charge in [-0.05, 0) is 82.9 Å². The fraction of sp³-hybridized carbons (Fsp3) is 0.625. The van der Waals surface area contributed by atoms with Crippen molar-refractivity contribution in [2.75, 3.05) is 40.7 Å². The molecule has 50 nitrogen and oxygen atoms in total. The number of amides is 3. The number of aliphatic carboxylic acids is 3. The number of nitrogens with two attached hydrogens (primary N) is 6. The maximum absolute atomic E-state index is 13.3. The van der Waals surface area contributed by atoms with Gasteiger partial charge in [-0.2, -0.15) is 4.98 Å². The third-order valence-electron chi connectivity index (χ3n) is 26.7. The Balaban J connectivity index is 0.000000212. The number of hydrogen-bond acceptors (Lipinski definition) is 41. The standard InChI is InChI=1S/C33H47NO13.C17H17ClO6.C17H26N8O5.C15H23NO4.C14H25N3O9/c1-18-10-8-6-4-3-5-7-9-11-21(45-32-30(39)28(34)29(38)19(2)44-32)15-25-27(31(40)41)22(36)17-33(42,47-25)16-20(35)14-24-23(46-24)12-13-26(37)43-18;1-8-5-9(19)6-12(23-4)17(8)16(20)13-10(21-2)7-11(22-3)14(18)15(13)24-17;1-24(16(20)21)6-4-9(18)8-12(26)22-10-2-3-13(30-14(10)15(27)28)25-7-5-11(19)23-17(25)29;1-8-3-9(2)15(20)11(4-8)12(17)5-10-6-13(18)16-14(19)7-10;1-3-5(17-12(16)13(23)24)2-4(15)14(25-3)26-11-9(21)7(19)6(18)8(20)10(11)22/h3-9,11-13,18-25,27-30,32,35-36,38-39,42H,10,14-17,34H2,1-2H3,(H,40,41);6-8H,5H2,1-4H3;2-3,5,7,9-10,13-14H,4,6,8,18H2,1H3,(H3,20,21)(H,22,26)(H,27,28)(H2,19,23,29);8-12,17H,3-7H2,1-2H3,(H,16,18,19);3-11,14,18-22H,2,15H2,1H3,(H2,16,17)(H,23,24)/b4-3+,7-5+,8-6+,11-9+,13-12+;;;;/t18-,19-,20+,21+,22+,23-,24-,25+,27-,28+,29-,30+,32+,33-;8-,17+;9?,10-,13+,14-;8-,9-,11-,12+;3-,4+,5+,6?,7+,8+,9-,10+,11?,14-/m11001/s1. The van der Waals surface area contributed by atoms with Crippen LogP contribution in [-0.2, 0) is 85.8 Å². The van der Waals surface area contributed by atoms with Gasteiger partial charge in [0, 0.05) is 120 Å². The number of esters is 1. The fourth-order valence-corrected chi connectivity index (χ4v) is 19.0. The van der Waals surface area contributed by atoms with Crippen LogP contribution in [0.25, 0.3) is 0 Å². The molecule has 29 N–H and O–H groups in total. The molecule has 8 aliphatic heterocycles. The SMILES string of the molecule is CN(CCC(N)CC(=O)N[C@H]1C=C[C@H](n2ccc(N)nc2=O)O[C@@H]1C(=O)O)C(=N)N.COC1=CC(=O)C[C@@H](C)[C@]12Oc1c(Cl)c(OC)cc(OC)c1C2=O.C[C@@H]1C/C=C/C=C/C=C/C=C/[C@H](O[C@@H]2O[C@H](C)[C@@H](O)[C@H](N)[C@@H]2O)C[C@@H]2O[C@](O)(C[C@@H](O)C[C@H]3O[C@@H]3/C=C/C(=O)O1)C[C@H](O)[C@H]2C(=O)O.C[C@@H]1C[C@@H]([C@H](O)CC2CC(=O)NC(=O)C2)C(=O)[C@@H](C)C1.C[C@H]1O[C@H](OC2[C@@H](O)[C@@H](O)C(O)[C@H](O)[C@H]2O)[C@@H](N)C[C@@H]1N=C(N)C(=O)O. The third-order valence-corrected chi connectivity index (χ3v) is 27.1. The van der Waals surface area contributed by atoms with E-state index in [1.807, 2.05) is 13.0 Å². The van der Waals surface area contributed by atoms with Gasteiger partial charge in [-0.15, -0.1) is 0 Å². The highest BCUT2D eigenvalue weighted by molar-refractivity contribution is 6.35. The maximum atomic E-state index is 13.3. The summed E-state index contributed by atoms with van der Waals surface area (Å²) in [6.45, 7) is 11.1. The minimum atomic E-state index is -2.10. The number of carboxylic acid groups (broad SMARTS) is 3. The number of ether oxygens (including phenoxy) is 12. The van der Waals surface area contributed by atoms with E-state index in [1.54, 1.807) is 77.3 Å². The Morgan fingerprint density at radius 2 is 1.37 bits per heavy atom. The minimum absolute atomic E-state index is 0.00492. The lowest BCUT2D eigenvalue weighted by Gasteiger charge is -2.45. The number of methoxy groups -OCH3 is 3. The van der Waals surface area contributed by atoms with Crippen LogP contribution >= 0.6 is 11.6 Å². The number of anilines is 1.